The average Bonchev–Trinajstić information content (AvgIpc) is 2.79. The first kappa shape index (κ1) is 21.5. The fourth-order valence-electron chi connectivity index (χ4n) is 3.37. The van der Waals surface area contributed by atoms with Gasteiger partial charge in [0.25, 0.3) is 5.91 Å². The zero-order chi connectivity index (χ0) is 21.5. The zero-order valence-electron chi connectivity index (χ0n) is 17.1. The number of morpholine rings is 1. The first-order valence-electron chi connectivity index (χ1n) is 10.2. The standard InChI is InChI=1S/C24H24BrN3O3/c25-21-5-2-6-22(14-21)31-23-8-7-20(16-26-23)24(29)27-15-18-3-1-4-19(13-18)17-28-9-11-30-12-10-28/h1-8,13-14,16H,9-12,15,17H2,(H,27,29). The molecule has 1 aliphatic rings. The van der Waals surface area contributed by atoms with E-state index in [4.69, 9.17) is 9.47 Å². The van der Waals surface area contributed by atoms with Gasteiger partial charge in [-0.2, -0.15) is 0 Å². The van der Waals surface area contributed by atoms with E-state index in [0.717, 1.165) is 42.9 Å². The lowest BCUT2D eigenvalue weighted by molar-refractivity contribution is 0.0342. The summed E-state index contributed by atoms with van der Waals surface area (Å²) in [6.07, 6.45) is 1.53. The normalized spacial score (nSPS) is 14.2. The maximum atomic E-state index is 12.5. The van der Waals surface area contributed by atoms with Crippen LogP contribution in [0.3, 0.4) is 0 Å². The second-order valence-electron chi connectivity index (χ2n) is 7.34. The van der Waals surface area contributed by atoms with Crippen LogP contribution < -0.4 is 10.1 Å². The SMILES string of the molecule is O=C(NCc1cccc(CN2CCOCC2)c1)c1ccc(Oc2cccc(Br)c2)nc1. The molecular weight excluding hydrogens is 458 g/mol. The number of rotatable bonds is 7. The first-order chi connectivity index (χ1) is 15.2. The van der Waals surface area contributed by atoms with Gasteiger partial charge >= 0.3 is 0 Å². The Balaban J connectivity index is 1.30. The van der Waals surface area contributed by atoms with Crippen molar-refractivity contribution >= 4 is 21.8 Å². The van der Waals surface area contributed by atoms with Crippen molar-refractivity contribution in [2.45, 2.75) is 13.1 Å². The Morgan fingerprint density at radius 1 is 1.06 bits per heavy atom. The highest BCUT2D eigenvalue weighted by molar-refractivity contribution is 9.10. The van der Waals surface area contributed by atoms with Crippen LogP contribution in [0.5, 0.6) is 11.6 Å². The fourth-order valence-corrected chi connectivity index (χ4v) is 3.74. The predicted octanol–water partition coefficient (Wildman–Crippen LogP) is 4.40. The van der Waals surface area contributed by atoms with E-state index in [9.17, 15) is 4.79 Å². The van der Waals surface area contributed by atoms with Gasteiger partial charge < -0.3 is 14.8 Å². The number of aromatic nitrogens is 1. The molecular formula is C24H24BrN3O3. The molecule has 0 bridgehead atoms. The van der Waals surface area contributed by atoms with Gasteiger partial charge in [0.2, 0.25) is 5.88 Å². The topological polar surface area (TPSA) is 63.7 Å². The van der Waals surface area contributed by atoms with E-state index in [0.29, 0.717) is 23.7 Å². The number of nitrogens with zero attached hydrogens (tertiary/aromatic N) is 2. The van der Waals surface area contributed by atoms with Gasteiger partial charge in [-0.3, -0.25) is 9.69 Å². The third-order valence-corrected chi connectivity index (χ3v) is 5.46. The molecule has 1 N–H and O–H groups in total. The van der Waals surface area contributed by atoms with Crippen molar-refractivity contribution in [1.82, 2.24) is 15.2 Å². The Kier molecular flexibility index (Phi) is 7.30. The molecule has 4 rings (SSSR count). The molecule has 0 saturated carbocycles. The molecule has 160 valence electrons. The zero-order valence-corrected chi connectivity index (χ0v) is 18.7. The number of hydrogen-bond acceptors (Lipinski definition) is 5. The summed E-state index contributed by atoms with van der Waals surface area (Å²) >= 11 is 3.41. The minimum atomic E-state index is -0.167. The van der Waals surface area contributed by atoms with Crippen LogP contribution in [-0.4, -0.2) is 42.1 Å². The largest absolute Gasteiger partial charge is 0.439 e. The monoisotopic (exact) mass is 481 g/mol. The van der Waals surface area contributed by atoms with Gasteiger partial charge in [-0.15, -0.1) is 0 Å². The molecule has 3 aromatic rings. The highest BCUT2D eigenvalue weighted by Crippen LogP contribution is 2.23. The lowest BCUT2D eigenvalue weighted by atomic mass is 10.1. The van der Waals surface area contributed by atoms with E-state index in [1.54, 1.807) is 12.1 Å². The molecule has 31 heavy (non-hydrogen) atoms. The fraction of sp³-hybridized carbons (Fsp3) is 0.250. The Bertz CT molecular complexity index is 1020. The Hall–Kier alpha value is -2.74. The molecule has 0 atom stereocenters. The van der Waals surface area contributed by atoms with Crippen molar-refractivity contribution in [3.8, 4) is 11.6 Å². The molecule has 0 spiro atoms. The summed E-state index contributed by atoms with van der Waals surface area (Å²) in [6, 6.07) is 19.2. The minimum absolute atomic E-state index is 0.167. The highest BCUT2D eigenvalue weighted by atomic mass is 79.9. The van der Waals surface area contributed by atoms with Crippen LogP contribution in [0.15, 0.2) is 71.3 Å². The number of ether oxygens (including phenoxy) is 2. The van der Waals surface area contributed by atoms with E-state index >= 15 is 0 Å². The molecule has 1 saturated heterocycles. The van der Waals surface area contributed by atoms with Crippen LogP contribution in [0.4, 0.5) is 0 Å². The van der Waals surface area contributed by atoms with Crippen molar-refractivity contribution in [2.24, 2.45) is 0 Å². The molecule has 7 heteroatoms. The maximum absolute atomic E-state index is 12.5. The number of carbonyl (C=O) groups is 1. The van der Waals surface area contributed by atoms with E-state index in [1.807, 2.05) is 36.4 Å². The molecule has 0 radical (unpaired) electrons. The van der Waals surface area contributed by atoms with Gasteiger partial charge in [-0.05, 0) is 35.4 Å². The lowest BCUT2D eigenvalue weighted by Gasteiger charge is -2.26. The van der Waals surface area contributed by atoms with E-state index in [-0.39, 0.29) is 5.91 Å². The summed E-state index contributed by atoms with van der Waals surface area (Å²) < 4.78 is 12.0. The molecule has 1 aliphatic heterocycles. The Morgan fingerprint density at radius 3 is 2.65 bits per heavy atom. The quantitative estimate of drug-likeness (QED) is 0.541. The van der Waals surface area contributed by atoms with Crippen LogP contribution in [0.25, 0.3) is 0 Å². The third-order valence-electron chi connectivity index (χ3n) is 4.97. The second kappa shape index (κ2) is 10.5. The van der Waals surface area contributed by atoms with Gasteiger partial charge in [-0.1, -0.05) is 46.3 Å². The van der Waals surface area contributed by atoms with Gasteiger partial charge in [0, 0.05) is 42.9 Å². The number of hydrogen-bond donors (Lipinski definition) is 1. The maximum Gasteiger partial charge on any atom is 0.253 e. The van der Waals surface area contributed by atoms with E-state index in [1.165, 1.54) is 11.8 Å². The predicted molar refractivity (Wildman–Crippen MR) is 122 cm³/mol. The van der Waals surface area contributed by atoms with Gasteiger partial charge in [-0.25, -0.2) is 4.98 Å². The smallest absolute Gasteiger partial charge is 0.253 e. The van der Waals surface area contributed by atoms with Gasteiger partial charge in [0.05, 0.1) is 18.8 Å². The van der Waals surface area contributed by atoms with Crippen LogP contribution in [0, 0.1) is 0 Å². The molecule has 2 heterocycles. The van der Waals surface area contributed by atoms with Crippen molar-refractivity contribution in [2.75, 3.05) is 26.3 Å². The molecule has 1 aromatic heterocycles. The van der Waals surface area contributed by atoms with Gasteiger partial charge in [0.15, 0.2) is 0 Å². The average molecular weight is 482 g/mol. The summed E-state index contributed by atoms with van der Waals surface area (Å²) in [6.45, 7) is 4.85. The Labute approximate surface area is 190 Å². The van der Waals surface area contributed by atoms with Crippen molar-refractivity contribution < 1.29 is 14.3 Å². The molecule has 6 nitrogen and oxygen atoms in total. The minimum Gasteiger partial charge on any atom is -0.439 e. The second-order valence-corrected chi connectivity index (χ2v) is 8.25. The number of nitrogens with one attached hydrogen (secondary N) is 1. The van der Waals surface area contributed by atoms with Crippen LogP contribution in [0.2, 0.25) is 0 Å². The molecule has 0 unspecified atom stereocenters. The number of pyridine rings is 1. The lowest BCUT2D eigenvalue weighted by Crippen LogP contribution is -2.35. The Morgan fingerprint density at radius 2 is 1.87 bits per heavy atom. The molecule has 1 fully saturated rings. The van der Waals surface area contributed by atoms with Crippen LogP contribution in [-0.2, 0) is 17.8 Å². The molecule has 2 aromatic carbocycles. The van der Waals surface area contributed by atoms with Crippen molar-refractivity contribution in [1.29, 1.82) is 0 Å². The molecule has 0 aliphatic carbocycles. The summed E-state index contributed by atoms with van der Waals surface area (Å²) in [7, 11) is 0. The summed E-state index contributed by atoms with van der Waals surface area (Å²) in [5.74, 6) is 0.946. The summed E-state index contributed by atoms with van der Waals surface area (Å²) in [5.41, 5.74) is 2.80. The molecule has 1 amide bonds. The van der Waals surface area contributed by atoms with Crippen LogP contribution >= 0.6 is 15.9 Å². The first-order valence-corrected chi connectivity index (χ1v) is 11.0. The van der Waals surface area contributed by atoms with Crippen molar-refractivity contribution in [3.63, 3.8) is 0 Å². The summed E-state index contributed by atoms with van der Waals surface area (Å²) in [5, 5.41) is 2.96. The number of benzene rings is 2. The summed E-state index contributed by atoms with van der Waals surface area (Å²) in [4.78, 5) is 19.1. The van der Waals surface area contributed by atoms with E-state index in [2.05, 4.69) is 43.3 Å². The van der Waals surface area contributed by atoms with Crippen molar-refractivity contribution in [3.05, 3.63) is 88.0 Å². The van der Waals surface area contributed by atoms with Gasteiger partial charge in [0.1, 0.15) is 5.75 Å². The number of amides is 1. The third kappa shape index (κ3) is 6.37. The van der Waals surface area contributed by atoms with E-state index < -0.39 is 0 Å². The van der Waals surface area contributed by atoms with Crippen LogP contribution in [0.1, 0.15) is 21.5 Å². The highest BCUT2D eigenvalue weighted by Gasteiger charge is 2.11. The number of halogens is 1. The number of carbonyl (C=O) groups excluding carboxylic acids is 1.